The predicted molar refractivity (Wildman–Crippen MR) is 73.6 cm³/mol. The third-order valence-corrected chi connectivity index (χ3v) is 4.84. The summed E-state index contributed by atoms with van der Waals surface area (Å²) in [5.41, 5.74) is 3.11. The molecule has 1 aromatic carbocycles. The smallest absolute Gasteiger partial charge is 0.0702 e. The van der Waals surface area contributed by atoms with Gasteiger partial charge in [0.15, 0.2) is 0 Å². The minimum Gasteiger partial charge on any atom is -0.302 e. The van der Waals surface area contributed by atoms with Crippen LogP contribution in [0.15, 0.2) is 36.5 Å². The van der Waals surface area contributed by atoms with Gasteiger partial charge in [-0.1, -0.05) is 19.1 Å². The molecule has 1 saturated heterocycles. The summed E-state index contributed by atoms with van der Waals surface area (Å²) in [6.45, 7) is 6.00. The SMILES string of the molecule is CCN1CC2CC2(c2ccc3ncccc3c2)C1. The fourth-order valence-corrected chi connectivity index (χ4v) is 3.66. The van der Waals surface area contributed by atoms with E-state index in [9.17, 15) is 0 Å². The van der Waals surface area contributed by atoms with Crippen LogP contribution in [0, 0.1) is 5.92 Å². The summed E-state index contributed by atoms with van der Waals surface area (Å²) in [5.74, 6) is 0.895. The second-order valence-corrected chi connectivity index (χ2v) is 5.80. The van der Waals surface area contributed by atoms with Crippen LogP contribution < -0.4 is 0 Å². The standard InChI is InChI=1S/C16H18N2/c1-2-18-10-14-9-16(14,11-18)13-5-6-15-12(8-13)4-3-7-17-15/h3-8,14H,2,9-11H2,1H3. The number of likely N-dealkylation sites (tertiary alicyclic amines) is 1. The number of likely N-dealkylation sites (N-methyl/N-ethyl adjacent to an activating group) is 1. The third-order valence-electron chi connectivity index (χ3n) is 4.84. The topological polar surface area (TPSA) is 16.1 Å². The Kier molecular flexibility index (Phi) is 2.07. The maximum absolute atomic E-state index is 4.41. The minimum absolute atomic E-state index is 0.472. The molecule has 1 saturated carbocycles. The first-order valence-electron chi connectivity index (χ1n) is 6.89. The van der Waals surface area contributed by atoms with Crippen LogP contribution in [0.25, 0.3) is 10.9 Å². The van der Waals surface area contributed by atoms with Crippen molar-refractivity contribution in [1.82, 2.24) is 9.88 Å². The number of fused-ring (bicyclic) bond motifs is 2. The fraction of sp³-hybridized carbons (Fsp3) is 0.438. The fourth-order valence-electron chi connectivity index (χ4n) is 3.66. The Balaban J connectivity index is 1.76. The molecule has 2 aromatic rings. The van der Waals surface area contributed by atoms with Crippen LogP contribution in [0.2, 0.25) is 0 Å². The molecule has 0 spiro atoms. The molecule has 2 nitrogen and oxygen atoms in total. The van der Waals surface area contributed by atoms with E-state index in [0.29, 0.717) is 5.41 Å². The van der Waals surface area contributed by atoms with Crippen LogP contribution in [-0.2, 0) is 5.41 Å². The quantitative estimate of drug-likeness (QED) is 0.799. The van der Waals surface area contributed by atoms with Gasteiger partial charge < -0.3 is 4.90 Å². The van der Waals surface area contributed by atoms with Crippen LogP contribution in [-0.4, -0.2) is 29.5 Å². The van der Waals surface area contributed by atoms with Gasteiger partial charge in [0.2, 0.25) is 0 Å². The van der Waals surface area contributed by atoms with Crippen molar-refractivity contribution in [3.63, 3.8) is 0 Å². The van der Waals surface area contributed by atoms with Crippen molar-refractivity contribution in [3.8, 4) is 0 Å². The number of hydrogen-bond acceptors (Lipinski definition) is 2. The lowest BCUT2D eigenvalue weighted by atomic mass is 9.93. The summed E-state index contributed by atoms with van der Waals surface area (Å²) in [5, 5.41) is 1.28. The molecule has 2 aliphatic rings. The maximum atomic E-state index is 4.41. The van der Waals surface area contributed by atoms with Gasteiger partial charge in [0.05, 0.1) is 5.52 Å². The number of rotatable bonds is 2. The highest BCUT2D eigenvalue weighted by Crippen LogP contribution is 2.59. The predicted octanol–water partition coefficient (Wildman–Crippen LogP) is 2.83. The zero-order chi connectivity index (χ0) is 12.2. The molecule has 4 rings (SSSR count). The minimum atomic E-state index is 0.472. The molecule has 2 heteroatoms. The molecule has 2 unspecified atom stereocenters. The van der Waals surface area contributed by atoms with E-state index in [0.717, 1.165) is 11.4 Å². The lowest BCUT2D eigenvalue weighted by molar-refractivity contribution is 0.314. The molecule has 0 radical (unpaired) electrons. The summed E-state index contributed by atoms with van der Waals surface area (Å²) < 4.78 is 0. The van der Waals surface area contributed by atoms with Gasteiger partial charge >= 0.3 is 0 Å². The second kappa shape index (κ2) is 3.55. The second-order valence-electron chi connectivity index (χ2n) is 5.80. The molecule has 0 amide bonds. The highest BCUT2D eigenvalue weighted by atomic mass is 15.2. The molecule has 0 N–H and O–H groups in total. The van der Waals surface area contributed by atoms with E-state index >= 15 is 0 Å². The van der Waals surface area contributed by atoms with Gasteiger partial charge in [0, 0.05) is 30.1 Å². The molecule has 2 atom stereocenters. The molecule has 1 aliphatic heterocycles. The Bertz CT molecular complexity index is 607. The van der Waals surface area contributed by atoms with Crippen LogP contribution in [0.4, 0.5) is 0 Å². The zero-order valence-electron chi connectivity index (χ0n) is 10.8. The van der Waals surface area contributed by atoms with Crippen LogP contribution in [0.1, 0.15) is 18.9 Å². The van der Waals surface area contributed by atoms with Crippen LogP contribution >= 0.6 is 0 Å². The van der Waals surface area contributed by atoms with E-state index in [1.165, 1.54) is 37.0 Å². The molecule has 92 valence electrons. The average Bonchev–Trinajstić information content (AvgIpc) is 3.01. The Morgan fingerprint density at radius 1 is 1.39 bits per heavy atom. The number of aromatic nitrogens is 1. The van der Waals surface area contributed by atoms with Crippen LogP contribution in [0.3, 0.4) is 0 Å². The van der Waals surface area contributed by atoms with Gasteiger partial charge in [0.25, 0.3) is 0 Å². The van der Waals surface area contributed by atoms with Crippen molar-refractivity contribution in [2.24, 2.45) is 5.92 Å². The first kappa shape index (κ1) is 10.5. The Morgan fingerprint density at radius 3 is 3.17 bits per heavy atom. The Labute approximate surface area is 108 Å². The van der Waals surface area contributed by atoms with Crippen molar-refractivity contribution < 1.29 is 0 Å². The highest BCUT2D eigenvalue weighted by molar-refractivity contribution is 5.79. The molecular formula is C16H18N2. The molecule has 2 fully saturated rings. The van der Waals surface area contributed by atoms with Crippen molar-refractivity contribution in [2.75, 3.05) is 19.6 Å². The van der Waals surface area contributed by atoms with Gasteiger partial charge in [-0.25, -0.2) is 0 Å². The molecule has 18 heavy (non-hydrogen) atoms. The van der Waals surface area contributed by atoms with E-state index in [4.69, 9.17) is 0 Å². The van der Waals surface area contributed by atoms with Crippen molar-refractivity contribution in [2.45, 2.75) is 18.8 Å². The Hall–Kier alpha value is -1.41. The summed E-state index contributed by atoms with van der Waals surface area (Å²) in [4.78, 5) is 6.99. The molecule has 1 aromatic heterocycles. The van der Waals surface area contributed by atoms with Crippen molar-refractivity contribution in [1.29, 1.82) is 0 Å². The molecule has 2 heterocycles. The molecular weight excluding hydrogens is 220 g/mol. The first-order chi connectivity index (χ1) is 8.82. The number of nitrogens with zero attached hydrogens (tertiary/aromatic N) is 2. The van der Waals surface area contributed by atoms with Crippen LogP contribution in [0.5, 0.6) is 0 Å². The van der Waals surface area contributed by atoms with E-state index in [-0.39, 0.29) is 0 Å². The highest BCUT2D eigenvalue weighted by Gasteiger charge is 2.60. The van der Waals surface area contributed by atoms with E-state index in [1.54, 1.807) is 0 Å². The van der Waals surface area contributed by atoms with Gasteiger partial charge in [-0.2, -0.15) is 0 Å². The number of benzene rings is 1. The number of hydrogen-bond donors (Lipinski definition) is 0. The van der Waals surface area contributed by atoms with E-state index in [1.807, 2.05) is 12.3 Å². The van der Waals surface area contributed by atoms with Gasteiger partial charge in [0.1, 0.15) is 0 Å². The largest absolute Gasteiger partial charge is 0.302 e. The van der Waals surface area contributed by atoms with Crippen molar-refractivity contribution >= 4 is 10.9 Å². The normalized spacial score (nSPS) is 30.6. The number of piperidine rings is 1. The van der Waals surface area contributed by atoms with E-state index < -0.39 is 0 Å². The number of pyridine rings is 1. The third kappa shape index (κ3) is 1.36. The Morgan fingerprint density at radius 2 is 2.33 bits per heavy atom. The van der Waals surface area contributed by atoms with Gasteiger partial charge in [-0.3, -0.25) is 4.98 Å². The molecule has 0 bridgehead atoms. The average molecular weight is 238 g/mol. The van der Waals surface area contributed by atoms with Gasteiger partial charge in [-0.05, 0) is 42.6 Å². The monoisotopic (exact) mass is 238 g/mol. The first-order valence-corrected chi connectivity index (χ1v) is 6.89. The van der Waals surface area contributed by atoms with Gasteiger partial charge in [-0.15, -0.1) is 0 Å². The maximum Gasteiger partial charge on any atom is 0.0702 e. The molecule has 1 aliphatic carbocycles. The van der Waals surface area contributed by atoms with Crippen molar-refractivity contribution in [3.05, 3.63) is 42.1 Å². The summed E-state index contributed by atoms with van der Waals surface area (Å²) in [6, 6.07) is 11.0. The summed E-state index contributed by atoms with van der Waals surface area (Å²) in [7, 11) is 0. The summed E-state index contributed by atoms with van der Waals surface area (Å²) in [6.07, 6.45) is 3.25. The van der Waals surface area contributed by atoms with E-state index in [2.05, 4.69) is 41.1 Å². The zero-order valence-corrected chi connectivity index (χ0v) is 10.8. The lowest BCUT2D eigenvalue weighted by Crippen LogP contribution is -2.26. The lowest BCUT2D eigenvalue weighted by Gasteiger charge is -2.19. The summed E-state index contributed by atoms with van der Waals surface area (Å²) >= 11 is 0.